The zero-order valence-electron chi connectivity index (χ0n) is 15.3. The van der Waals surface area contributed by atoms with Crippen LogP contribution < -0.4 is 5.32 Å². The van der Waals surface area contributed by atoms with E-state index in [4.69, 9.17) is 4.98 Å². The van der Waals surface area contributed by atoms with Crippen LogP contribution in [-0.4, -0.2) is 29.4 Å². The van der Waals surface area contributed by atoms with Gasteiger partial charge in [-0.15, -0.1) is 11.3 Å². The average molecular weight is 375 g/mol. The van der Waals surface area contributed by atoms with E-state index in [1.54, 1.807) is 11.3 Å². The van der Waals surface area contributed by atoms with E-state index in [0.29, 0.717) is 6.54 Å². The first-order valence-electron chi connectivity index (χ1n) is 8.95. The molecule has 4 aromatic rings. The van der Waals surface area contributed by atoms with Crippen LogP contribution in [0.5, 0.6) is 0 Å². The van der Waals surface area contributed by atoms with Crippen molar-refractivity contribution in [2.45, 2.75) is 13.0 Å². The zero-order valence-corrected chi connectivity index (χ0v) is 16.2. The van der Waals surface area contributed by atoms with Gasteiger partial charge >= 0.3 is 0 Å². The van der Waals surface area contributed by atoms with E-state index in [-0.39, 0.29) is 11.9 Å². The number of nitrogens with one attached hydrogen (secondary N) is 1. The minimum absolute atomic E-state index is 0.0261. The molecule has 0 aliphatic rings. The van der Waals surface area contributed by atoms with Crippen molar-refractivity contribution in [3.63, 3.8) is 0 Å². The summed E-state index contributed by atoms with van der Waals surface area (Å²) in [6, 6.07) is 22.2. The highest BCUT2D eigenvalue weighted by Gasteiger charge is 2.18. The Morgan fingerprint density at radius 3 is 2.67 bits per heavy atom. The minimum atomic E-state index is -0.0261. The molecule has 1 amide bonds. The number of amides is 1. The molecule has 1 atom stereocenters. The molecule has 0 aliphatic carbocycles. The Balaban J connectivity index is 1.47. The van der Waals surface area contributed by atoms with E-state index in [0.717, 1.165) is 27.0 Å². The Hall–Kier alpha value is -2.76. The number of rotatable bonds is 5. The van der Waals surface area contributed by atoms with Crippen LogP contribution in [0.25, 0.3) is 21.0 Å². The smallest absolute Gasteiger partial charge is 0.238 e. The lowest BCUT2D eigenvalue weighted by Gasteiger charge is -2.22. The molecule has 27 heavy (non-hydrogen) atoms. The molecular weight excluding hydrogens is 354 g/mol. The summed E-state index contributed by atoms with van der Waals surface area (Å²) in [7, 11) is 1.96. The maximum absolute atomic E-state index is 12.6. The van der Waals surface area contributed by atoms with E-state index in [1.807, 2.05) is 72.6 Å². The third-order valence-electron chi connectivity index (χ3n) is 4.79. The minimum Gasteiger partial charge on any atom is -0.324 e. The van der Waals surface area contributed by atoms with Crippen molar-refractivity contribution in [2.75, 3.05) is 18.9 Å². The number of carbonyl (C=O) groups excluding carboxylic acids is 1. The summed E-state index contributed by atoms with van der Waals surface area (Å²) in [5.74, 6) is -0.0261. The summed E-state index contributed by atoms with van der Waals surface area (Å²) in [6.45, 7) is 2.39. The van der Waals surface area contributed by atoms with Crippen LogP contribution in [0.3, 0.4) is 0 Å². The maximum atomic E-state index is 12.6. The van der Waals surface area contributed by atoms with Gasteiger partial charge in [0.1, 0.15) is 5.01 Å². The maximum Gasteiger partial charge on any atom is 0.238 e. The fourth-order valence-corrected chi connectivity index (χ4v) is 4.23. The quantitative estimate of drug-likeness (QED) is 0.529. The van der Waals surface area contributed by atoms with Crippen LogP contribution in [0.1, 0.15) is 18.0 Å². The average Bonchev–Trinajstić information content (AvgIpc) is 3.11. The zero-order chi connectivity index (χ0) is 18.8. The number of thiazole rings is 1. The topological polar surface area (TPSA) is 45.2 Å². The Bertz CT molecular complexity index is 1070. The van der Waals surface area contributed by atoms with Crippen LogP contribution in [0.15, 0.2) is 66.7 Å². The van der Waals surface area contributed by atoms with Crippen molar-refractivity contribution in [3.05, 3.63) is 71.7 Å². The van der Waals surface area contributed by atoms with E-state index in [2.05, 4.69) is 18.3 Å². The summed E-state index contributed by atoms with van der Waals surface area (Å²) in [5, 5.41) is 6.24. The highest BCUT2D eigenvalue weighted by molar-refractivity contribution is 7.18. The Labute approximate surface area is 162 Å². The van der Waals surface area contributed by atoms with Crippen LogP contribution in [0.4, 0.5) is 5.69 Å². The summed E-state index contributed by atoms with van der Waals surface area (Å²) < 4.78 is 1.17. The molecule has 0 unspecified atom stereocenters. The molecule has 1 aromatic heterocycles. The van der Waals surface area contributed by atoms with Gasteiger partial charge in [-0.2, -0.15) is 0 Å². The van der Waals surface area contributed by atoms with Crippen molar-refractivity contribution in [2.24, 2.45) is 0 Å². The highest BCUT2D eigenvalue weighted by Crippen LogP contribution is 2.29. The van der Waals surface area contributed by atoms with Gasteiger partial charge in [0.15, 0.2) is 0 Å². The molecule has 0 radical (unpaired) electrons. The lowest BCUT2D eigenvalue weighted by Crippen LogP contribution is -2.32. The second-order valence-corrected chi connectivity index (χ2v) is 7.75. The third kappa shape index (κ3) is 3.70. The number of hydrogen-bond acceptors (Lipinski definition) is 4. The largest absolute Gasteiger partial charge is 0.324 e. The summed E-state index contributed by atoms with van der Waals surface area (Å²) in [4.78, 5) is 19.3. The second kappa shape index (κ2) is 7.47. The van der Waals surface area contributed by atoms with Crippen LogP contribution in [-0.2, 0) is 4.79 Å². The van der Waals surface area contributed by atoms with Gasteiger partial charge in [0.25, 0.3) is 0 Å². The SMILES string of the molecule is C[C@@H](c1nc2ccccc2s1)N(C)CC(=O)Nc1cccc2ccccc12. The lowest BCUT2D eigenvalue weighted by molar-refractivity contribution is -0.117. The highest BCUT2D eigenvalue weighted by atomic mass is 32.1. The molecule has 0 aliphatic heterocycles. The van der Waals surface area contributed by atoms with Crippen molar-refractivity contribution >= 4 is 43.9 Å². The summed E-state index contributed by atoms with van der Waals surface area (Å²) in [5.41, 5.74) is 1.86. The predicted molar refractivity (Wildman–Crippen MR) is 113 cm³/mol. The number of carbonyl (C=O) groups is 1. The van der Waals surface area contributed by atoms with Crippen molar-refractivity contribution in [3.8, 4) is 0 Å². The first-order valence-corrected chi connectivity index (χ1v) is 9.77. The number of aromatic nitrogens is 1. The van der Waals surface area contributed by atoms with Crippen LogP contribution >= 0.6 is 11.3 Å². The standard InChI is InChI=1S/C22H21N3OS/c1-15(22-24-19-11-5-6-13-20(19)27-22)25(2)14-21(26)23-18-12-7-9-16-8-3-4-10-17(16)18/h3-13,15H,14H2,1-2H3,(H,23,26)/t15-/m0/s1. The Morgan fingerprint density at radius 1 is 1.07 bits per heavy atom. The molecule has 0 spiro atoms. The molecule has 136 valence electrons. The predicted octanol–water partition coefficient (Wildman–Crippen LogP) is 5.08. The van der Waals surface area contributed by atoms with Crippen molar-refractivity contribution in [1.82, 2.24) is 9.88 Å². The van der Waals surface area contributed by atoms with Gasteiger partial charge in [0.05, 0.1) is 22.8 Å². The van der Waals surface area contributed by atoms with Gasteiger partial charge in [0, 0.05) is 11.1 Å². The molecule has 4 rings (SSSR count). The third-order valence-corrected chi connectivity index (χ3v) is 5.99. The molecule has 4 nitrogen and oxygen atoms in total. The fraction of sp³-hybridized carbons (Fsp3) is 0.182. The first kappa shape index (κ1) is 17.6. The van der Waals surface area contributed by atoms with Gasteiger partial charge in [-0.05, 0) is 37.6 Å². The Morgan fingerprint density at radius 2 is 1.81 bits per heavy atom. The molecule has 0 saturated heterocycles. The molecule has 0 bridgehead atoms. The lowest BCUT2D eigenvalue weighted by atomic mass is 10.1. The molecule has 1 heterocycles. The normalized spacial score (nSPS) is 12.6. The van der Waals surface area contributed by atoms with Crippen molar-refractivity contribution in [1.29, 1.82) is 0 Å². The van der Waals surface area contributed by atoms with Gasteiger partial charge in [-0.1, -0.05) is 48.5 Å². The van der Waals surface area contributed by atoms with E-state index in [1.165, 1.54) is 4.70 Å². The van der Waals surface area contributed by atoms with Gasteiger partial charge in [-0.25, -0.2) is 4.98 Å². The molecule has 0 saturated carbocycles. The summed E-state index contributed by atoms with van der Waals surface area (Å²) in [6.07, 6.45) is 0. The molecule has 5 heteroatoms. The van der Waals surface area contributed by atoms with Crippen molar-refractivity contribution < 1.29 is 4.79 Å². The number of para-hydroxylation sites is 1. The second-order valence-electron chi connectivity index (χ2n) is 6.69. The first-order chi connectivity index (χ1) is 13.1. The van der Waals surface area contributed by atoms with E-state index in [9.17, 15) is 4.79 Å². The fourth-order valence-electron chi connectivity index (χ4n) is 3.14. The number of likely N-dealkylation sites (N-methyl/N-ethyl adjacent to an activating group) is 1. The molecule has 3 aromatic carbocycles. The van der Waals surface area contributed by atoms with Gasteiger partial charge in [-0.3, -0.25) is 9.69 Å². The molecule has 0 fully saturated rings. The van der Waals surface area contributed by atoms with E-state index >= 15 is 0 Å². The van der Waals surface area contributed by atoms with Crippen LogP contribution in [0.2, 0.25) is 0 Å². The van der Waals surface area contributed by atoms with Gasteiger partial charge < -0.3 is 5.32 Å². The van der Waals surface area contributed by atoms with E-state index < -0.39 is 0 Å². The number of anilines is 1. The molecular formula is C22H21N3OS. The monoisotopic (exact) mass is 375 g/mol. The number of fused-ring (bicyclic) bond motifs is 2. The van der Waals surface area contributed by atoms with Crippen LogP contribution in [0, 0.1) is 0 Å². The Kier molecular flexibility index (Phi) is 4.88. The summed E-state index contributed by atoms with van der Waals surface area (Å²) >= 11 is 1.68. The number of hydrogen-bond donors (Lipinski definition) is 1. The molecule has 1 N–H and O–H groups in total. The number of nitrogens with zero attached hydrogens (tertiary/aromatic N) is 2. The number of benzene rings is 3. The van der Waals surface area contributed by atoms with Gasteiger partial charge in [0.2, 0.25) is 5.91 Å².